The quantitative estimate of drug-likeness (QED) is 0.891. The summed E-state index contributed by atoms with van der Waals surface area (Å²) in [6.07, 6.45) is 1.15. The number of aliphatic hydroxyl groups is 1. The van der Waals surface area contributed by atoms with Gasteiger partial charge in [0.15, 0.2) is 0 Å². The van der Waals surface area contributed by atoms with Gasteiger partial charge in [-0.25, -0.2) is 4.39 Å². The highest BCUT2D eigenvalue weighted by atomic mass is 19.1. The number of likely N-dealkylation sites (tertiary alicyclic amines) is 1. The lowest BCUT2D eigenvalue weighted by Gasteiger charge is -2.20. The Morgan fingerprint density at radius 2 is 2.33 bits per heavy atom. The van der Waals surface area contributed by atoms with Gasteiger partial charge in [0.05, 0.1) is 18.8 Å². The van der Waals surface area contributed by atoms with Crippen molar-refractivity contribution in [3.05, 3.63) is 35.6 Å². The fraction of sp³-hybridized carbons (Fsp3) is 0.571. The van der Waals surface area contributed by atoms with Crippen LogP contribution in [0.1, 0.15) is 18.4 Å². The molecule has 3 nitrogen and oxygen atoms in total. The summed E-state index contributed by atoms with van der Waals surface area (Å²) in [7, 11) is 2.02. The lowest BCUT2D eigenvalue weighted by atomic mass is 10.1. The molecular weight excluding hydrogens is 233 g/mol. The van der Waals surface area contributed by atoms with Crippen molar-refractivity contribution in [1.29, 1.82) is 0 Å². The first-order chi connectivity index (χ1) is 8.63. The van der Waals surface area contributed by atoms with Gasteiger partial charge in [-0.1, -0.05) is 12.1 Å². The molecule has 0 radical (unpaired) electrons. The first-order valence-corrected chi connectivity index (χ1v) is 6.36. The third kappa shape index (κ3) is 4.05. The van der Waals surface area contributed by atoms with Gasteiger partial charge in [-0.05, 0) is 31.2 Å². The van der Waals surface area contributed by atoms with Gasteiger partial charge >= 0.3 is 0 Å². The first kappa shape index (κ1) is 13.5. The highest BCUT2D eigenvalue weighted by Gasteiger charge is 2.21. The van der Waals surface area contributed by atoms with Crippen molar-refractivity contribution in [3.63, 3.8) is 0 Å². The normalized spacial score (nSPS) is 25.9. The van der Waals surface area contributed by atoms with E-state index in [1.807, 2.05) is 13.1 Å². The third-order valence-electron chi connectivity index (χ3n) is 3.27. The SMILES string of the molecule is CN1CCC(O)CC(OCc2cccc(F)c2)C1. The Balaban J connectivity index is 1.88. The lowest BCUT2D eigenvalue weighted by molar-refractivity contribution is 0.00323. The smallest absolute Gasteiger partial charge is 0.123 e. The van der Waals surface area contributed by atoms with Crippen molar-refractivity contribution in [1.82, 2.24) is 4.90 Å². The Kier molecular flexibility index (Phi) is 4.69. The summed E-state index contributed by atoms with van der Waals surface area (Å²) in [4.78, 5) is 2.16. The zero-order valence-electron chi connectivity index (χ0n) is 10.7. The van der Waals surface area contributed by atoms with Crippen LogP contribution in [0.15, 0.2) is 24.3 Å². The minimum absolute atomic E-state index is 0.00997. The third-order valence-corrected chi connectivity index (χ3v) is 3.27. The molecule has 1 fully saturated rings. The molecular formula is C14H20FNO2. The Hall–Kier alpha value is -0.970. The maximum absolute atomic E-state index is 13.0. The predicted octanol–water partition coefficient (Wildman–Crippen LogP) is 1.80. The predicted molar refractivity (Wildman–Crippen MR) is 67.7 cm³/mol. The summed E-state index contributed by atoms with van der Waals surface area (Å²) in [5.74, 6) is -0.242. The van der Waals surface area contributed by atoms with E-state index >= 15 is 0 Å². The van der Waals surface area contributed by atoms with E-state index in [1.165, 1.54) is 12.1 Å². The molecule has 0 aromatic heterocycles. The molecule has 18 heavy (non-hydrogen) atoms. The molecule has 0 aliphatic carbocycles. The van der Waals surface area contributed by atoms with Crippen LogP contribution in [0.5, 0.6) is 0 Å². The van der Waals surface area contributed by atoms with Crippen molar-refractivity contribution in [2.75, 3.05) is 20.1 Å². The number of hydrogen-bond acceptors (Lipinski definition) is 3. The van der Waals surface area contributed by atoms with Crippen molar-refractivity contribution in [2.45, 2.75) is 31.7 Å². The van der Waals surface area contributed by atoms with Gasteiger partial charge in [-0.15, -0.1) is 0 Å². The molecule has 2 unspecified atom stereocenters. The van der Waals surface area contributed by atoms with Gasteiger partial charge in [0.25, 0.3) is 0 Å². The van der Waals surface area contributed by atoms with Crippen molar-refractivity contribution >= 4 is 0 Å². The molecule has 2 rings (SSSR count). The van der Waals surface area contributed by atoms with Crippen molar-refractivity contribution < 1.29 is 14.2 Å². The molecule has 1 saturated heterocycles. The van der Waals surface area contributed by atoms with Crippen LogP contribution in [-0.4, -0.2) is 42.4 Å². The minimum atomic E-state index is -0.299. The molecule has 0 saturated carbocycles. The molecule has 0 spiro atoms. The van der Waals surface area contributed by atoms with E-state index in [4.69, 9.17) is 4.74 Å². The van der Waals surface area contributed by atoms with Crippen LogP contribution in [-0.2, 0) is 11.3 Å². The van der Waals surface area contributed by atoms with E-state index < -0.39 is 0 Å². The van der Waals surface area contributed by atoms with Gasteiger partial charge in [0.1, 0.15) is 5.82 Å². The van der Waals surface area contributed by atoms with Crippen LogP contribution in [0.4, 0.5) is 4.39 Å². The van der Waals surface area contributed by atoms with Gasteiger partial charge in [-0.3, -0.25) is 0 Å². The number of hydrogen-bond donors (Lipinski definition) is 1. The maximum atomic E-state index is 13.0. The highest BCUT2D eigenvalue weighted by Crippen LogP contribution is 2.15. The number of ether oxygens (including phenoxy) is 1. The number of halogens is 1. The van der Waals surface area contributed by atoms with Crippen LogP contribution < -0.4 is 0 Å². The van der Waals surface area contributed by atoms with Gasteiger partial charge < -0.3 is 14.7 Å². The fourth-order valence-electron chi connectivity index (χ4n) is 2.27. The fourth-order valence-corrected chi connectivity index (χ4v) is 2.27. The second kappa shape index (κ2) is 6.27. The van der Waals surface area contributed by atoms with Crippen molar-refractivity contribution in [3.8, 4) is 0 Å². The van der Waals surface area contributed by atoms with Gasteiger partial charge in [0.2, 0.25) is 0 Å². The zero-order chi connectivity index (χ0) is 13.0. The van der Waals surface area contributed by atoms with Crippen molar-refractivity contribution in [2.24, 2.45) is 0 Å². The lowest BCUT2D eigenvalue weighted by Crippen LogP contribution is -2.29. The Labute approximate surface area is 107 Å². The molecule has 2 atom stereocenters. The van der Waals surface area contributed by atoms with Crippen LogP contribution in [0.2, 0.25) is 0 Å². The second-order valence-electron chi connectivity index (χ2n) is 5.00. The molecule has 4 heteroatoms. The first-order valence-electron chi connectivity index (χ1n) is 6.36. The zero-order valence-corrected chi connectivity index (χ0v) is 10.7. The van der Waals surface area contributed by atoms with E-state index in [0.717, 1.165) is 25.1 Å². The number of likely N-dealkylation sites (N-methyl/N-ethyl adjacent to an activating group) is 1. The van der Waals surface area contributed by atoms with E-state index in [-0.39, 0.29) is 18.0 Å². The minimum Gasteiger partial charge on any atom is -0.393 e. The molecule has 0 amide bonds. The van der Waals surface area contributed by atoms with E-state index in [2.05, 4.69) is 4.90 Å². The van der Waals surface area contributed by atoms with Gasteiger partial charge in [-0.2, -0.15) is 0 Å². The number of nitrogens with zero attached hydrogens (tertiary/aromatic N) is 1. The standard InChI is InChI=1S/C14H20FNO2/c1-16-6-5-13(17)8-14(9-16)18-10-11-3-2-4-12(15)7-11/h2-4,7,13-14,17H,5-6,8-10H2,1H3. The Morgan fingerprint density at radius 3 is 3.11 bits per heavy atom. The second-order valence-corrected chi connectivity index (χ2v) is 5.00. The van der Waals surface area contributed by atoms with E-state index in [9.17, 15) is 9.50 Å². The molecule has 100 valence electrons. The monoisotopic (exact) mass is 253 g/mol. The van der Waals surface area contributed by atoms with E-state index in [0.29, 0.717) is 13.0 Å². The van der Waals surface area contributed by atoms with Gasteiger partial charge in [0, 0.05) is 19.5 Å². The summed E-state index contributed by atoms with van der Waals surface area (Å²) >= 11 is 0. The Morgan fingerprint density at radius 1 is 1.50 bits per heavy atom. The summed E-state index contributed by atoms with van der Waals surface area (Å²) < 4.78 is 18.8. The summed E-state index contributed by atoms with van der Waals surface area (Å²) in [6, 6.07) is 6.44. The average molecular weight is 253 g/mol. The van der Waals surface area contributed by atoms with Crippen LogP contribution in [0.25, 0.3) is 0 Å². The largest absolute Gasteiger partial charge is 0.393 e. The topological polar surface area (TPSA) is 32.7 Å². The summed E-state index contributed by atoms with van der Waals surface area (Å²) in [6.45, 7) is 2.09. The average Bonchev–Trinajstić information content (AvgIpc) is 2.49. The number of benzene rings is 1. The van der Waals surface area contributed by atoms with Crippen LogP contribution in [0.3, 0.4) is 0 Å². The molecule has 1 aliphatic heterocycles. The molecule has 1 heterocycles. The maximum Gasteiger partial charge on any atom is 0.123 e. The molecule has 1 aromatic carbocycles. The number of aliphatic hydroxyl groups excluding tert-OH is 1. The summed E-state index contributed by atoms with van der Waals surface area (Å²) in [5, 5.41) is 9.75. The van der Waals surface area contributed by atoms with Crippen LogP contribution in [0, 0.1) is 5.82 Å². The van der Waals surface area contributed by atoms with Crippen LogP contribution >= 0.6 is 0 Å². The van der Waals surface area contributed by atoms with E-state index in [1.54, 1.807) is 6.07 Å². The molecule has 1 aliphatic rings. The molecule has 1 aromatic rings. The number of rotatable bonds is 3. The highest BCUT2D eigenvalue weighted by molar-refractivity contribution is 5.15. The molecule has 1 N–H and O–H groups in total. The summed E-state index contributed by atoms with van der Waals surface area (Å²) in [5.41, 5.74) is 0.830. The Bertz CT molecular complexity index is 374. The molecule has 0 bridgehead atoms.